The summed E-state index contributed by atoms with van der Waals surface area (Å²) in [7, 11) is 1.91. The summed E-state index contributed by atoms with van der Waals surface area (Å²) in [6.45, 7) is 1.51. The van der Waals surface area contributed by atoms with Crippen molar-refractivity contribution in [3.8, 4) is 5.75 Å². The summed E-state index contributed by atoms with van der Waals surface area (Å²) in [5.41, 5.74) is 0. The van der Waals surface area contributed by atoms with Crippen molar-refractivity contribution >= 4 is 0 Å². The molecule has 2 rings (SSSR count). The van der Waals surface area contributed by atoms with E-state index in [9.17, 15) is 5.11 Å². The maximum Gasteiger partial charge on any atom is 0.133 e. The van der Waals surface area contributed by atoms with Crippen LogP contribution in [0.2, 0.25) is 0 Å². The van der Waals surface area contributed by atoms with Gasteiger partial charge in [0.25, 0.3) is 0 Å². The molecule has 2 aromatic rings. The summed E-state index contributed by atoms with van der Waals surface area (Å²) < 4.78 is 7.36. The molecule has 0 saturated carbocycles. The molecule has 0 spiro atoms. The lowest BCUT2D eigenvalue weighted by atomic mass is 10.3. The van der Waals surface area contributed by atoms with E-state index in [4.69, 9.17) is 4.74 Å². The van der Waals surface area contributed by atoms with Gasteiger partial charge in [0.2, 0.25) is 0 Å². The topological polar surface area (TPSA) is 72.2 Å². The Morgan fingerprint density at radius 2 is 2.15 bits per heavy atom. The van der Waals surface area contributed by atoms with Crippen molar-refractivity contribution < 1.29 is 9.84 Å². The van der Waals surface area contributed by atoms with Gasteiger partial charge in [-0.1, -0.05) is 18.2 Å². The molecular weight excluding hydrogens is 256 g/mol. The number of hydrogen-bond donors (Lipinski definition) is 2. The first-order valence-electron chi connectivity index (χ1n) is 6.65. The van der Waals surface area contributed by atoms with Gasteiger partial charge in [0.15, 0.2) is 0 Å². The molecule has 0 amide bonds. The fourth-order valence-corrected chi connectivity index (χ4v) is 1.77. The number of nitrogens with one attached hydrogen (secondary N) is 1. The van der Waals surface area contributed by atoms with E-state index < -0.39 is 6.10 Å². The maximum atomic E-state index is 9.80. The van der Waals surface area contributed by atoms with Gasteiger partial charge in [0.1, 0.15) is 30.6 Å². The number of aliphatic hydroxyl groups excluding tert-OH is 1. The Morgan fingerprint density at radius 1 is 1.35 bits per heavy atom. The number of benzene rings is 1. The first-order valence-corrected chi connectivity index (χ1v) is 6.65. The molecule has 1 heterocycles. The number of rotatable bonds is 8. The van der Waals surface area contributed by atoms with Crippen LogP contribution in [-0.2, 0) is 13.5 Å². The standard InChI is InChI=1S/C14H20N4O2/c1-18-11-16-17-14(18)7-8-15-9-12(19)10-20-13-5-3-2-4-6-13/h2-6,11-12,15,19H,7-10H2,1H3. The second kappa shape index (κ2) is 7.62. The highest BCUT2D eigenvalue weighted by Gasteiger charge is 2.05. The number of aromatic nitrogens is 3. The van der Waals surface area contributed by atoms with Crippen LogP contribution in [0.5, 0.6) is 5.75 Å². The second-order valence-corrected chi connectivity index (χ2v) is 4.59. The molecule has 0 saturated heterocycles. The van der Waals surface area contributed by atoms with Crippen molar-refractivity contribution in [1.29, 1.82) is 0 Å². The van der Waals surface area contributed by atoms with Crippen molar-refractivity contribution in [3.05, 3.63) is 42.5 Å². The third-order valence-electron chi connectivity index (χ3n) is 2.90. The van der Waals surface area contributed by atoms with Crippen LogP contribution in [0.4, 0.5) is 0 Å². The SMILES string of the molecule is Cn1cnnc1CCNCC(O)COc1ccccc1. The molecule has 6 heteroatoms. The first kappa shape index (κ1) is 14.5. The predicted molar refractivity (Wildman–Crippen MR) is 75.5 cm³/mol. The molecule has 0 aliphatic carbocycles. The summed E-state index contributed by atoms with van der Waals surface area (Å²) >= 11 is 0. The smallest absolute Gasteiger partial charge is 0.133 e. The van der Waals surface area contributed by atoms with E-state index in [0.29, 0.717) is 6.54 Å². The lowest BCUT2D eigenvalue weighted by molar-refractivity contribution is 0.106. The third kappa shape index (κ3) is 4.64. The number of hydrogen-bond acceptors (Lipinski definition) is 5. The number of para-hydroxylation sites is 1. The highest BCUT2D eigenvalue weighted by Crippen LogP contribution is 2.08. The number of ether oxygens (including phenoxy) is 1. The molecule has 108 valence electrons. The molecular formula is C14H20N4O2. The normalized spacial score (nSPS) is 12.3. The fourth-order valence-electron chi connectivity index (χ4n) is 1.77. The summed E-state index contributed by atoms with van der Waals surface area (Å²) in [4.78, 5) is 0. The molecule has 6 nitrogen and oxygen atoms in total. The molecule has 20 heavy (non-hydrogen) atoms. The van der Waals surface area contributed by atoms with Gasteiger partial charge in [-0.2, -0.15) is 0 Å². The average Bonchev–Trinajstić information content (AvgIpc) is 2.88. The van der Waals surface area contributed by atoms with Crippen LogP contribution in [0.1, 0.15) is 5.82 Å². The lowest BCUT2D eigenvalue weighted by Gasteiger charge is -2.13. The van der Waals surface area contributed by atoms with E-state index in [0.717, 1.165) is 24.5 Å². The minimum Gasteiger partial charge on any atom is -0.491 e. The van der Waals surface area contributed by atoms with Gasteiger partial charge in [-0.25, -0.2) is 0 Å². The summed E-state index contributed by atoms with van der Waals surface area (Å²) in [6, 6.07) is 9.47. The Kier molecular flexibility index (Phi) is 5.52. The molecule has 0 aliphatic heterocycles. The molecule has 0 radical (unpaired) electrons. The minimum atomic E-state index is -0.533. The van der Waals surface area contributed by atoms with Crippen LogP contribution in [0.25, 0.3) is 0 Å². The van der Waals surface area contributed by atoms with Crippen molar-refractivity contribution in [2.75, 3.05) is 19.7 Å². The van der Waals surface area contributed by atoms with Gasteiger partial charge in [-0.05, 0) is 12.1 Å². The minimum absolute atomic E-state index is 0.279. The Morgan fingerprint density at radius 3 is 2.85 bits per heavy atom. The Hall–Kier alpha value is -1.92. The van der Waals surface area contributed by atoms with Crippen LogP contribution in [0, 0.1) is 0 Å². The first-order chi connectivity index (χ1) is 9.75. The number of aryl methyl sites for hydroxylation is 1. The quantitative estimate of drug-likeness (QED) is 0.682. The molecule has 1 aromatic carbocycles. The number of aliphatic hydroxyl groups is 1. The molecule has 2 N–H and O–H groups in total. The van der Waals surface area contributed by atoms with Gasteiger partial charge in [0, 0.05) is 26.6 Å². The van der Waals surface area contributed by atoms with Gasteiger partial charge in [-0.15, -0.1) is 10.2 Å². The van der Waals surface area contributed by atoms with Crippen molar-refractivity contribution in [1.82, 2.24) is 20.1 Å². The molecule has 0 bridgehead atoms. The van der Waals surface area contributed by atoms with E-state index in [-0.39, 0.29) is 6.61 Å². The predicted octanol–water partition coefficient (Wildman–Crippen LogP) is 0.387. The van der Waals surface area contributed by atoms with E-state index in [1.807, 2.05) is 41.9 Å². The van der Waals surface area contributed by atoms with Crippen LogP contribution in [0.3, 0.4) is 0 Å². The Bertz CT molecular complexity index is 501. The van der Waals surface area contributed by atoms with Crippen LogP contribution < -0.4 is 10.1 Å². The molecule has 1 unspecified atom stereocenters. The summed E-state index contributed by atoms with van der Waals surface area (Å²) in [5, 5.41) is 20.8. The highest BCUT2D eigenvalue weighted by molar-refractivity contribution is 5.20. The Balaban J connectivity index is 1.58. The molecule has 1 atom stereocenters. The van der Waals surface area contributed by atoms with E-state index in [1.54, 1.807) is 6.33 Å². The third-order valence-corrected chi connectivity index (χ3v) is 2.90. The van der Waals surface area contributed by atoms with Gasteiger partial charge < -0.3 is 19.7 Å². The average molecular weight is 276 g/mol. The lowest BCUT2D eigenvalue weighted by Crippen LogP contribution is -2.32. The van der Waals surface area contributed by atoms with Crippen LogP contribution in [0.15, 0.2) is 36.7 Å². The zero-order valence-electron chi connectivity index (χ0n) is 11.6. The second-order valence-electron chi connectivity index (χ2n) is 4.59. The van der Waals surface area contributed by atoms with Gasteiger partial charge in [0.05, 0.1) is 0 Å². The van der Waals surface area contributed by atoms with E-state index in [2.05, 4.69) is 15.5 Å². The molecule has 0 aliphatic rings. The van der Waals surface area contributed by atoms with Crippen molar-refractivity contribution in [3.63, 3.8) is 0 Å². The zero-order valence-corrected chi connectivity index (χ0v) is 11.6. The molecule has 1 aromatic heterocycles. The summed E-state index contributed by atoms with van der Waals surface area (Å²) in [6.07, 6.45) is 1.93. The summed E-state index contributed by atoms with van der Waals surface area (Å²) in [5.74, 6) is 1.69. The van der Waals surface area contributed by atoms with E-state index in [1.165, 1.54) is 0 Å². The van der Waals surface area contributed by atoms with Gasteiger partial charge in [-0.3, -0.25) is 0 Å². The monoisotopic (exact) mass is 276 g/mol. The van der Waals surface area contributed by atoms with Crippen LogP contribution >= 0.6 is 0 Å². The maximum absolute atomic E-state index is 9.80. The highest BCUT2D eigenvalue weighted by atomic mass is 16.5. The molecule has 0 fully saturated rings. The fraction of sp³-hybridized carbons (Fsp3) is 0.429. The number of nitrogens with zero attached hydrogens (tertiary/aromatic N) is 3. The Labute approximate surface area is 118 Å². The van der Waals surface area contributed by atoms with Crippen molar-refractivity contribution in [2.24, 2.45) is 7.05 Å². The largest absolute Gasteiger partial charge is 0.491 e. The zero-order chi connectivity index (χ0) is 14.2. The van der Waals surface area contributed by atoms with Gasteiger partial charge >= 0.3 is 0 Å². The van der Waals surface area contributed by atoms with Crippen molar-refractivity contribution in [2.45, 2.75) is 12.5 Å². The van der Waals surface area contributed by atoms with Crippen LogP contribution in [-0.4, -0.2) is 45.7 Å². The van der Waals surface area contributed by atoms with E-state index >= 15 is 0 Å².